The number of likely N-dealkylation sites (N-methyl/N-ethyl adjacent to an activating group) is 1. The molecule has 0 aromatic heterocycles. The van der Waals surface area contributed by atoms with Gasteiger partial charge in [0.25, 0.3) is 0 Å². The predicted molar refractivity (Wildman–Crippen MR) is 122 cm³/mol. The van der Waals surface area contributed by atoms with E-state index >= 15 is 0 Å². The van der Waals surface area contributed by atoms with Crippen molar-refractivity contribution in [3.8, 4) is 0 Å². The molecule has 1 aliphatic heterocycles. The molecule has 1 N–H and O–H groups in total. The Morgan fingerprint density at radius 2 is 1.73 bits per heavy atom. The van der Waals surface area contributed by atoms with Crippen LogP contribution in [0.5, 0.6) is 0 Å². The van der Waals surface area contributed by atoms with E-state index < -0.39 is 0 Å². The summed E-state index contributed by atoms with van der Waals surface area (Å²) >= 11 is 0. The third-order valence-corrected chi connectivity index (χ3v) is 5.82. The van der Waals surface area contributed by atoms with Gasteiger partial charge in [0.2, 0.25) is 0 Å². The molecule has 0 radical (unpaired) electrons. The highest BCUT2D eigenvalue weighted by molar-refractivity contribution is 14.0. The Morgan fingerprint density at radius 1 is 1.04 bits per heavy atom. The Labute approximate surface area is 178 Å². The van der Waals surface area contributed by atoms with Crippen LogP contribution in [-0.2, 0) is 4.74 Å². The Morgan fingerprint density at radius 3 is 2.38 bits per heavy atom. The van der Waals surface area contributed by atoms with Crippen LogP contribution in [0.4, 0.5) is 0 Å². The van der Waals surface area contributed by atoms with Crippen molar-refractivity contribution >= 4 is 29.9 Å². The molecular weight excluding hydrogens is 439 g/mol. The zero-order chi connectivity index (χ0) is 17.9. The van der Waals surface area contributed by atoms with Crippen LogP contribution < -0.4 is 5.32 Å². The number of halogens is 1. The molecule has 1 aliphatic carbocycles. The maximum Gasteiger partial charge on any atom is 0.193 e. The molecule has 1 saturated heterocycles. The molecule has 5 nitrogen and oxygen atoms in total. The van der Waals surface area contributed by atoms with Gasteiger partial charge in [0.1, 0.15) is 0 Å². The van der Waals surface area contributed by atoms with Gasteiger partial charge in [-0.1, -0.05) is 19.3 Å². The average molecular weight is 480 g/mol. The number of guanidine groups is 1. The minimum atomic E-state index is 0. The Balaban J connectivity index is 0.00000338. The summed E-state index contributed by atoms with van der Waals surface area (Å²) in [6.07, 6.45) is 10.6. The summed E-state index contributed by atoms with van der Waals surface area (Å²) in [4.78, 5) is 9.70. The molecule has 6 heteroatoms. The monoisotopic (exact) mass is 480 g/mol. The molecule has 0 bridgehead atoms. The molecular formula is C20H41IN4O. The van der Waals surface area contributed by atoms with Crippen molar-refractivity contribution in [3.63, 3.8) is 0 Å². The summed E-state index contributed by atoms with van der Waals surface area (Å²) in [5.41, 5.74) is 0. The number of nitrogens with one attached hydrogen (secondary N) is 1. The van der Waals surface area contributed by atoms with E-state index in [0.29, 0.717) is 0 Å². The SMILES string of the molecule is CCNC(=NCCN(C)C1CCCCC1)N(C)CCC1CCOCC1.I. The highest BCUT2D eigenvalue weighted by Gasteiger charge is 2.18. The lowest BCUT2D eigenvalue weighted by Gasteiger charge is -2.31. The van der Waals surface area contributed by atoms with Gasteiger partial charge in [0.05, 0.1) is 6.54 Å². The molecule has 0 aromatic rings. The first kappa shape index (κ1) is 24.0. The number of ether oxygens (including phenoxy) is 1. The fraction of sp³-hybridized carbons (Fsp3) is 0.950. The molecule has 0 unspecified atom stereocenters. The minimum absolute atomic E-state index is 0. The van der Waals surface area contributed by atoms with Crippen molar-refractivity contribution in [2.24, 2.45) is 10.9 Å². The largest absolute Gasteiger partial charge is 0.381 e. The Bertz CT molecular complexity index is 382. The van der Waals surface area contributed by atoms with Crippen LogP contribution in [0, 0.1) is 5.92 Å². The maximum atomic E-state index is 5.46. The van der Waals surface area contributed by atoms with Crippen LogP contribution in [0.2, 0.25) is 0 Å². The van der Waals surface area contributed by atoms with E-state index in [9.17, 15) is 0 Å². The van der Waals surface area contributed by atoms with Gasteiger partial charge in [0, 0.05) is 45.9 Å². The van der Waals surface area contributed by atoms with E-state index in [2.05, 4.69) is 36.1 Å². The first-order valence-electron chi connectivity index (χ1n) is 10.5. The van der Waals surface area contributed by atoms with Crippen molar-refractivity contribution < 1.29 is 4.74 Å². The van der Waals surface area contributed by atoms with E-state index in [-0.39, 0.29) is 24.0 Å². The summed E-state index contributed by atoms with van der Waals surface area (Å²) in [6.45, 7) is 7.99. The smallest absolute Gasteiger partial charge is 0.193 e. The molecule has 0 amide bonds. The highest BCUT2D eigenvalue weighted by Crippen LogP contribution is 2.21. The predicted octanol–water partition coefficient (Wildman–Crippen LogP) is 3.58. The van der Waals surface area contributed by atoms with Crippen molar-refractivity contribution in [2.45, 2.75) is 64.3 Å². The zero-order valence-electron chi connectivity index (χ0n) is 17.2. The molecule has 0 atom stereocenters. The zero-order valence-corrected chi connectivity index (χ0v) is 19.5. The molecule has 2 rings (SSSR count). The van der Waals surface area contributed by atoms with Gasteiger partial charge < -0.3 is 19.9 Å². The Hall–Kier alpha value is -0.0800. The normalized spacial score (nSPS) is 20.1. The van der Waals surface area contributed by atoms with Crippen molar-refractivity contribution in [3.05, 3.63) is 0 Å². The minimum Gasteiger partial charge on any atom is -0.381 e. The van der Waals surface area contributed by atoms with Gasteiger partial charge in [-0.25, -0.2) is 0 Å². The summed E-state index contributed by atoms with van der Waals surface area (Å²) in [6, 6.07) is 0.776. The quantitative estimate of drug-likeness (QED) is 0.328. The number of rotatable bonds is 8. The molecule has 1 heterocycles. The molecule has 2 fully saturated rings. The number of hydrogen-bond acceptors (Lipinski definition) is 3. The number of nitrogens with zero attached hydrogens (tertiary/aromatic N) is 3. The first-order chi connectivity index (χ1) is 12.2. The molecule has 0 spiro atoms. The standard InChI is InChI=1S/C20H40N4O.HI/c1-4-21-20(24(3)14-10-18-11-16-25-17-12-18)22-13-15-23(2)19-8-6-5-7-9-19;/h18-19H,4-17H2,1-3H3,(H,21,22);1H. The third kappa shape index (κ3) is 8.74. The van der Waals surface area contributed by atoms with Crippen molar-refractivity contribution in [1.29, 1.82) is 0 Å². The van der Waals surface area contributed by atoms with Crippen LogP contribution in [0.3, 0.4) is 0 Å². The van der Waals surface area contributed by atoms with Gasteiger partial charge in [-0.3, -0.25) is 4.99 Å². The molecule has 2 aliphatic rings. The summed E-state index contributed by atoms with van der Waals surface area (Å²) < 4.78 is 5.46. The van der Waals surface area contributed by atoms with Gasteiger partial charge in [0.15, 0.2) is 5.96 Å². The van der Waals surface area contributed by atoms with Crippen LogP contribution in [0.1, 0.15) is 58.3 Å². The van der Waals surface area contributed by atoms with Crippen LogP contribution >= 0.6 is 24.0 Å². The van der Waals surface area contributed by atoms with E-state index in [1.54, 1.807) is 0 Å². The molecule has 0 aromatic carbocycles. The second kappa shape index (κ2) is 14.0. The van der Waals surface area contributed by atoms with E-state index in [4.69, 9.17) is 9.73 Å². The van der Waals surface area contributed by atoms with Crippen LogP contribution in [0.15, 0.2) is 4.99 Å². The lowest BCUT2D eigenvalue weighted by atomic mass is 9.94. The van der Waals surface area contributed by atoms with Crippen LogP contribution in [0.25, 0.3) is 0 Å². The highest BCUT2D eigenvalue weighted by atomic mass is 127. The van der Waals surface area contributed by atoms with E-state index in [1.807, 2.05) is 0 Å². The summed E-state index contributed by atoms with van der Waals surface area (Å²) in [5.74, 6) is 1.88. The summed E-state index contributed by atoms with van der Waals surface area (Å²) in [7, 11) is 4.44. The number of aliphatic imine (C=N–C) groups is 1. The fourth-order valence-corrected chi connectivity index (χ4v) is 4.00. The maximum absolute atomic E-state index is 5.46. The lowest BCUT2D eigenvalue weighted by Crippen LogP contribution is -2.41. The van der Waals surface area contributed by atoms with Crippen molar-refractivity contribution in [1.82, 2.24) is 15.1 Å². The van der Waals surface area contributed by atoms with Gasteiger partial charge in [-0.05, 0) is 52.0 Å². The lowest BCUT2D eigenvalue weighted by molar-refractivity contribution is 0.0625. The summed E-state index contributed by atoms with van der Waals surface area (Å²) in [5, 5.41) is 3.46. The molecule has 26 heavy (non-hydrogen) atoms. The fourth-order valence-electron chi connectivity index (χ4n) is 4.00. The Kier molecular flexibility index (Phi) is 12.9. The van der Waals surface area contributed by atoms with Gasteiger partial charge in [-0.2, -0.15) is 0 Å². The van der Waals surface area contributed by atoms with Crippen molar-refractivity contribution in [2.75, 3.05) is 53.5 Å². The van der Waals surface area contributed by atoms with E-state index in [1.165, 1.54) is 51.4 Å². The molecule has 154 valence electrons. The molecule has 1 saturated carbocycles. The second-order valence-corrected chi connectivity index (χ2v) is 7.77. The number of hydrogen-bond donors (Lipinski definition) is 1. The second-order valence-electron chi connectivity index (χ2n) is 7.77. The average Bonchev–Trinajstić information content (AvgIpc) is 2.67. The topological polar surface area (TPSA) is 40.1 Å². The van der Waals surface area contributed by atoms with Gasteiger partial charge >= 0.3 is 0 Å². The first-order valence-corrected chi connectivity index (χ1v) is 10.5. The van der Waals surface area contributed by atoms with Crippen LogP contribution in [-0.4, -0.2) is 75.3 Å². The third-order valence-electron chi connectivity index (χ3n) is 5.82. The van der Waals surface area contributed by atoms with Gasteiger partial charge in [-0.15, -0.1) is 24.0 Å². The van der Waals surface area contributed by atoms with E-state index in [0.717, 1.165) is 57.3 Å².